The number of carbonyl (C=O) groups excluding carboxylic acids is 1. The highest BCUT2D eigenvalue weighted by atomic mass is 19.4. The predicted octanol–water partition coefficient (Wildman–Crippen LogP) is 2.37. The van der Waals surface area contributed by atoms with E-state index >= 15 is 0 Å². The zero-order valence-corrected chi connectivity index (χ0v) is 10.3. The van der Waals surface area contributed by atoms with Gasteiger partial charge in [-0.25, -0.2) is 4.68 Å². The zero-order chi connectivity index (χ0) is 14.9. The molecule has 0 radical (unpaired) electrons. The summed E-state index contributed by atoms with van der Waals surface area (Å²) in [6.45, 7) is 1.57. The Hall–Kier alpha value is -2.44. The number of aromatic nitrogens is 2. The van der Waals surface area contributed by atoms with Crippen LogP contribution < -0.4 is 5.43 Å². The first-order chi connectivity index (χ1) is 9.32. The number of hydrogen-bond donors (Lipinski definition) is 0. The smallest absolute Gasteiger partial charge is 0.296 e. The summed E-state index contributed by atoms with van der Waals surface area (Å²) >= 11 is 0. The van der Waals surface area contributed by atoms with Gasteiger partial charge in [0.15, 0.2) is 12.0 Å². The van der Waals surface area contributed by atoms with Gasteiger partial charge in [-0.3, -0.25) is 9.59 Å². The first kappa shape index (κ1) is 14.0. The van der Waals surface area contributed by atoms with Gasteiger partial charge in [0, 0.05) is 11.8 Å². The van der Waals surface area contributed by atoms with Gasteiger partial charge in [0.1, 0.15) is 0 Å². The molecule has 0 unspecified atom stereocenters. The second kappa shape index (κ2) is 4.92. The van der Waals surface area contributed by atoms with Crippen LogP contribution in [0.4, 0.5) is 13.2 Å². The molecule has 1 aromatic heterocycles. The van der Waals surface area contributed by atoms with Gasteiger partial charge in [0.05, 0.1) is 11.3 Å². The lowest BCUT2D eigenvalue weighted by atomic mass is 10.2. The highest BCUT2D eigenvalue weighted by molar-refractivity contribution is 5.71. The third kappa shape index (κ3) is 2.61. The molecule has 1 aromatic carbocycles. The third-order valence-electron chi connectivity index (χ3n) is 2.69. The largest absolute Gasteiger partial charge is 0.416 e. The van der Waals surface area contributed by atoms with Crippen LogP contribution in [0.15, 0.2) is 35.1 Å². The van der Waals surface area contributed by atoms with E-state index in [-0.39, 0.29) is 5.69 Å². The maximum atomic E-state index is 12.5. The average molecular weight is 282 g/mol. The van der Waals surface area contributed by atoms with Crippen molar-refractivity contribution in [3.8, 4) is 5.69 Å². The van der Waals surface area contributed by atoms with E-state index in [1.54, 1.807) is 6.92 Å². The molecule has 0 aliphatic rings. The molecular formula is C13H9F3N2O2. The average Bonchev–Trinajstić information content (AvgIpc) is 2.38. The van der Waals surface area contributed by atoms with Crippen LogP contribution in [0.25, 0.3) is 5.69 Å². The fourth-order valence-electron chi connectivity index (χ4n) is 1.70. The fourth-order valence-corrected chi connectivity index (χ4v) is 1.70. The predicted molar refractivity (Wildman–Crippen MR) is 65.0 cm³/mol. The molecule has 0 aliphatic heterocycles. The van der Waals surface area contributed by atoms with Crippen LogP contribution in [0, 0.1) is 6.92 Å². The van der Waals surface area contributed by atoms with E-state index in [1.165, 1.54) is 22.9 Å². The number of carbonyl (C=O) groups is 1. The summed E-state index contributed by atoms with van der Waals surface area (Å²) in [4.78, 5) is 22.1. The highest BCUT2D eigenvalue weighted by Gasteiger charge is 2.30. The number of nitrogens with zero attached hydrogens (tertiary/aromatic N) is 2. The van der Waals surface area contributed by atoms with E-state index in [9.17, 15) is 22.8 Å². The molecule has 20 heavy (non-hydrogen) atoms. The molecule has 2 aromatic rings. The Morgan fingerprint density at radius 2 is 1.80 bits per heavy atom. The van der Waals surface area contributed by atoms with Gasteiger partial charge in [0.2, 0.25) is 5.43 Å². The number of aryl methyl sites for hydroxylation is 1. The van der Waals surface area contributed by atoms with Crippen LogP contribution >= 0.6 is 0 Å². The number of aldehydes is 1. The second-order valence-corrected chi connectivity index (χ2v) is 4.11. The quantitative estimate of drug-likeness (QED) is 0.795. The van der Waals surface area contributed by atoms with Crippen molar-refractivity contribution in [2.75, 3.05) is 0 Å². The number of benzene rings is 1. The van der Waals surface area contributed by atoms with E-state index in [4.69, 9.17) is 0 Å². The van der Waals surface area contributed by atoms with Gasteiger partial charge in [0.25, 0.3) is 0 Å². The van der Waals surface area contributed by atoms with Crippen molar-refractivity contribution in [1.82, 2.24) is 9.78 Å². The molecule has 0 N–H and O–H groups in total. The summed E-state index contributed by atoms with van der Waals surface area (Å²) in [5, 5.41) is 3.81. The molecule has 4 nitrogen and oxygen atoms in total. The Balaban J connectivity index is 2.52. The molecule has 0 fully saturated rings. The summed E-state index contributed by atoms with van der Waals surface area (Å²) in [6.07, 6.45) is -4.11. The molecule has 0 atom stereocenters. The maximum Gasteiger partial charge on any atom is 0.416 e. The second-order valence-electron chi connectivity index (χ2n) is 4.11. The third-order valence-corrected chi connectivity index (χ3v) is 2.69. The number of halogens is 3. The van der Waals surface area contributed by atoms with Crippen LogP contribution in [-0.4, -0.2) is 16.1 Å². The van der Waals surface area contributed by atoms with Crippen molar-refractivity contribution in [2.45, 2.75) is 13.1 Å². The molecule has 1 heterocycles. The zero-order valence-electron chi connectivity index (χ0n) is 10.3. The Kier molecular flexibility index (Phi) is 3.44. The van der Waals surface area contributed by atoms with Crippen molar-refractivity contribution in [3.63, 3.8) is 0 Å². The van der Waals surface area contributed by atoms with Crippen LogP contribution in [-0.2, 0) is 6.18 Å². The molecule has 104 valence electrons. The highest BCUT2D eigenvalue weighted by Crippen LogP contribution is 2.29. The summed E-state index contributed by atoms with van der Waals surface area (Å²) < 4.78 is 38.6. The van der Waals surface area contributed by atoms with Crippen LogP contribution in [0.1, 0.15) is 21.7 Å². The van der Waals surface area contributed by atoms with Gasteiger partial charge in [-0.2, -0.15) is 18.3 Å². The fraction of sp³-hybridized carbons (Fsp3) is 0.154. The van der Waals surface area contributed by atoms with Gasteiger partial charge in [-0.15, -0.1) is 0 Å². The van der Waals surface area contributed by atoms with E-state index < -0.39 is 17.2 Å². The molecule has 0 spiro atoms. The maximum absolute atomic E-state index is 12.5. The van der Waals surface area contributed by atoms with Crippen molar-refractivity contribution in [3.05, 3.63) is 57.5 Å². The molecule has 0 saturated carbocycles. The molecule has 2 rings (SSSR count). The molecular weight excluding hydrogens is 273 g/mol. The molecule has 0 saturated heterocycles. The van der Waals surface area contributed by atoms with Gasteiger partial charge in [-0.05, 0) is 31.2 Å². The summed E-state index contributed by atoms with van der Waals surface area (Å²) in [7, 11) is 0. The van der Waals surface area contributed by atoms with E-state index in [2.05, 4.69) is 5.10 Å². The lowest BCUT2D eigenvalue weighted by molar-refractivity contribution is -0.137. The van der Waals surface area contributed by atoms with Gasteiger partial charge >= 0.3 is 6.18 Å². The molecule has 0 aliphatic carbocycles. The topological polar surface area (TPSA) is 52.0 Å². The summed E-state index contributed by atoms with van der Waals surface area (Å²) in [5.74, 6) is 0. The van der Waals surface area contributed by atoms with Crippen molar-refractivity contribution in [1.29, 1.82) is 0 Å². The number of alkyl halides is 3. The van der Waals surface area contributed by atoms with Crippen LogP contribution in [0.5, 0.6) is 0 Å². The Bertz CT molecular complexity index is 703. The van der Waals surface area contributed by atoms with E-state index in [1.807, 2.05) is 0 Å². The van der Waals surface area contributed by atoms with Gasteiger partial charge in [-0.1, -0.05) is 0 Å². The first-order valence-electron chi connectivity index (χ1n) is 5.56. The molecule has 0 amide bonds. The number of hydrogen-bond acceptors (Lipinski definition) is 3. The summed E-state index contributed by atoms with van der Waals surface area (Å²) in [6, 6.07) is 5.47. The first-order valence-corrected chi connectivity index (χ1v) is 5.56. The lowest BCUT2D eigenvalue weighted by Gasteiger charge is -2.11. The van der Waals surface area contributed by atoms with E-state index in [0.717, 1.165) is 12.1 Å². The monoisotopic (exact) mass is 282 g/mol. The Morgan fingerprint density at radius 1 is 1.20 bits per heavy atom. The lowest BCUT2D eigenvalue weighted by Crippen LogP contribution is -2.18. The normalized spacial score (nSPS) is 11.4. The minimum Gasteiger partial charge on any atom is -0.296 e. The minimum absolute atomic E-state index is 0.296. The Labute approximate surface area is 111 Å². The van der Waals surface area contributed by atoms with Crippen molar-refractivity contribution in [2.24, 2.45) is 0 Å². The van der Waals surface area contributed by atoms with Gasteiger partial charge < -0.3 is 0 Å². The Morgan fingerprint density at radius 3 is 2.30 bits per heavy atom. The van der Waals surface area contributed by atoms with Crippen LogP contribution in [0.3, 0.4) is 0 Å². The molecule has 0 bridgehead atoms. The molecule has 7 heteroatoms. The minimum atomic E-state index is -4.42. The van der Waals surface area contributed by atoms with Crippen molar-refractivity contribution < 1.29 is 18.0 Å². The van der Waals surface area contributed by atoms with E-state index in [0.29, 0.717) is 17.7 Å². The van der Waals surface area contributed by atoms with Crippen molar-refractivity contribution >= 4 is 6.29 Å². The summed E-state index contributed by atoms with van der Waals surface area (Å²) in [5.41, 5.74) is -0.856. The standard InChI is InChI=1S/C13H9F3N2O2/c1-8-6-12(20)11(7-19)17-18(8)10-4-2-9(3-5-10)13(14,15)16/h2-7H,1H3. The van der Waals surface area contributed by atoms with Crippen LogP contribution in [0.2, 0.25) is 0 Å². The SMILES string of the molecule is Cc1cc(=O)c(C=O)nn1-c1ccc(C(F)(F)F)cc1. The number of rotatable bonds is 2.